The number of hydrogen-bond acceptors (Lipinski definition) is 4. The number of nitrogens with zero attached hydrogens (tertiary/aromatic N) is 1. The second-order valence-corrected chi connectivity index (χ2v) is 7.58. The Morgan fingerprint density at radius 1 is 1.20 bits per heavy atom. The fourth-order valence-corrected chi connectivity index (χ4v) is 3.31. The molecule has 2 rings (SSSR count). The summed E-state index contributed by atoms with van der Waals surface area (Å²) in [4.78, 5) is 27.1. The van der Waals surface area contributed by atoms with Crippen LogP contribution >= 0.6 is 0 Å². The molecule has 0 bridgehead atoms. The van der Waals surface area contributed by atoms with Crippen molar-refractivity contribution in [3.05, 3.63) is 35.9 Å². The molecule has 138 valence electrons. The summed E-state index contributed by atoms with van der Waals surface area (Å²) in [5, 5.41) is 0. The smallest absolute Gasteiger partial charge is 0.411 e. The maximum absolute atomic E-state index is 12.9. The van der Waals surface area contributed by atoms with Crippen molar-refractivity contribution < 1.29 is 19.1 Å². The summed E-state index contributed by atoms with van der Waals surface area (Å²) in [6, 6.07) is 9.58. The third-order valence-electron chi connectivity index (χ3n) is 4.36. The lowest BCUT2D eigenvalue weighted by Crippen LogP contribution is -2.54. The van der Waals surface area contributed by atoms with Gasteiger partial charge in [0.25, 0.3) is 0 Å². The minimum absolute atomic E-state index is 0.216. The highest BCUT2D eigenvalue weighted by Gasteiger charge is 2.51. The van der Waals surface area contributed by atoms with E-state index in [0.29, 0.717) is 19.4 Å². The first-order valence-corrected chi connectivity index (χ1v) is 9.00. The van der Waals surface area contributed by atoms with E-state index in [0.717, 1.165) is 18.4 Å². The first kappa shape index (κ1) is 19.3. The summed E-state index contributed by atoms with van der Waals surface area (Å²) in [6.45, 7) is 8.24. The molecule has 1 aliphatic rings. The van der Waals surface area contributed by atoms with Gasteiger partial charge in [0, 0.05) is 6.54 Å². The van der Waals surface area contributed by atoms with Crippen LogP contribution in [-0.2, 0) is 20.9 Å². The SMILES string of the molecule is CCC[C@@]1(C(=O)OCc2ccccc2)CCCN1C(=O)OC(C)(C)C. The van der Waals surface area contributed by atoms with Crippen LogP contribution in [0.25, 0.3) is 0 Å². The Bertz CT molecular complexity index is 593. The van der Waals surface area contributed by atoms with Gasteiger partial charge in [-0.1, -0.05) is 43.7 Å². The molecule has 5 nitrogen and oxygen atoms in total. The van der Waals surface area contributed by atoms with E-state index in [1.54, 1.807) is 4.90 Å². The number of hydrogen-bond donors (Lipinski definition) is 0. The van der Waals surface area contributed by atoms with E-state index in [2.05, 4.69) is 0 Å². The van der Waals surface area contributed by atoms with Crippen LogP contribution in [0, 0.1) is 0 Å². The minimum atomic E-state index is -0.911. The summed E-state index contributed by atoms with van der Waals surface area (Å²) in [5.74, 6) is -0.332. The van der Waals surface area contributed by atoms with Crippen molar-refractivity contribution in [3.63, 3.8) is 0 Å². The van der Waals surface area contributed by atoms with Crippen molar-refractivity contribution in [1.29, 1.82) is 0 Å². The normalized spacial score (nSPS) is 20.4. The van der Waals surface area contributed by atoms with Crippen LogP contribution in [0.1, 0.15) is 58.9 Å². The number of ether oxygens (including phenoxy) is 2. The zero-order valence-electron chi connectivity index (χ0n) is 15.7. The summed E-state index contributed by atoms with van der Waals surface area (Å²) >= 11 is 0. The molecule has 0 spiro atoms. The Hall–Kier alpha value is -2.04. The molecule has 1 amide bonds. The van der Waals surface area contributed by atoms with Crippen molar-refractivity contribution in [2.45, 2.75) is 71.1 Å². The van der Waals surface area contributed by atoms with Gasteiger partial charge in [-0.25, -0.2) is 9.59 Å². The zero-order chi connectivity index (χ0) is 18.5. The van der Waals surface area contributed by atoms with Crippen LogP contribution < -0.4 is 0 Å². The highest BCUT2D eigenvalue weighted by molar-refractivity contribution is 5.86. The lowest BCUT2D eigenvalue weighted by molar-refractivity contribution is -0.158. The van der Waals surface area contributed by atoms with Gasteiger partial charge in [0.05, 0.1) is 0 Å². The van der Waals surface area contributed by atoms with Gasteiger partial charge in [-0.2, -0.15) is 0 Å². The molecule has 0 aliphatic carbocycles. The van der Waals surface area contributed by atoms with Crippen LogP contribution in [0.15, 0.2) is 30.3 Å². The van der Waals surface area contributed by atoms with E-state index < -0.39 is 17.2 Å². The van der Waals surface area contributed by atoms with Crippen LogP contribution in [0.4, 0.5) is 4.79 Å². The molecule has 5 heteroatoms. The van der Waals surface area contributed by atoms with Crippen LogP contribution in [0.3, 0.4) is 0 Å². The lowest BCUT2D eigenvalue weighted by atomic mass is 9.91. The summed E-state index contributed by atoms with van der Waals surface area (Å²) in [6.07, 6.45) is 2.34. The molecule has 0 unspecified atom stereocenters. The molecule has 1 fully saturated rings. The number of benzene rings is 1. The molecule has 1 heterocycles. The molecule has 0 N–H and O–H groups in total. The summed E-state index contributed by atoms with van der Waals surface area (Å²) in [7, 11) is 0. The monoisotopic (exact) mass is 347 g/mol. The van der Waals surface area contributed by atoms with E-state index in [9.17, 15) is 9.59 Å². The standard InChI is InChI=1S/C20H29NO4/c1-5-12-20(17(22)24-15-16-10-7-6-8-11-16)13-9-14-21(20)18(23)25-19(2,3)4/h6-8,10-11H,5,9,12-15H2,1-4H3/t20-/m0/s1. The molecule has 0 radical (unpaired) electrons. The van der Waals surface area contributed by atoms with Gasteiger partial charge in [0.15, 0.2) is 0 Å². The molecule has 1 aliphatic heterocycles. The first-order chi connectivity index (χ1) is 11.8. The Kier molecular flexibility index (Phi) is 6.09. The van der Waals surface area contributed by atoms with Crippen molar-refractivity contribution in [1.82, 2.24) is 4.90 Å². The van der Waals surface area contributed by atoms with E-state index in [1.165, 1.54) is 0 Å². The number of carbonyl (C=O) groups is 2. The Labute approximate surface area is 150 Å². The molecule has 1 saturated heterocycles. The molecule has 25 heavy (non-hydrogen) atoms. The average molecular weight is 347 g/mol. The van der Waals surface area contributed by atoms with Crippen LogP contribution in [0.2, 0.25) is 0 Å². The van der Waals surface area contributed by atoms with Gasteiger partial charge in [0.1, 0.15) is 17.7 Å². The topological polar surface area (TPSA) is 55.8 Å². The number of rotatable bonds is 5. The Morgan fingerprint density at radius 2 is 1.88 bits per heavy atom. The molecule has 1 aromatic rings. The largest absolute Gasteiger partial charge is 0.459 e. The molecular weight excluding hydrogens is 318 g/mol. The highest BCUT2D eigenvalue weighted by Crippen LogP contribution is 2.36. The predicted molar refractivity (Wildman–Crippen MR) is 96.1 cm³/mol. The maximum Gasteiger partial charge on any atom is 0.411 e. The third kappa shape index (κ3) is 4.74. The van der Waals surface area contributed by atoms with Gasteiger partial charge in [-0.3, -0.25) is 4.90 Å². The van der Waals surface area contributed by atoms with Crippen molar-refractivity contribution in [2.24, 2.45) is 0 Å². The Morgan fingerprint density at radius 3 is 2.48 bits per heavy atom. The predicted octanol–water partition coefficient (Wildman–Crippen LogP) is 4.30. The molecule has 1 atom stereocenters. The molecular formula is C20H29NO4. The van der Waals surface area contributed by atoms with Crippen molar-refractivity contribution in [3.8, 4) is 0 Å². The van der Waals surface area contributed by atoms with Gasteiger partial charge in [-0.05, 0) is 45.6 Å². The van der Waals surface area contributed by atoms with Gasteiger partial charge in [-0.15, -0.1) is 0 Å². The van der Waals surface area contributed by atoms with Crippen LogP contribution in [-0.4, -0.2) is 34.6 Å². The number of carbonyl (C=O) groups excluding carboxylic acids is 2. The molecule has 1 aromatic carbocycles. The maximum atomic E-state index is 12.9. The summed E-state index contributed by atoms with van der Waals surface area (Å²) in [5.41, 5.74) is -0.568. The second kappa shape index (κ2) is 7.89. The highest BCUT2D eigenvalue weighted by atomic mass is 16.6. The van der Waals surface area contributed by atoms with Gasteiger partial charge >= 0.3 is 12.1 Å². The average Bonchev–Trinajstić information content (AvgIpc) is 2.97. The van der Waals surface area contributed by atoms with E-state index in [1.807, 2.05) is 58.0 Å². The quantitative estimate of drug-likeness (QED) is 0.745. The van der Waals surface area contributed by atoms with Gasteiger partial charge in [0.2, 0.25) is 0 Å². The van der Waals surface area contributed by atoms with E-state index >= 15 is 0 Å². The van der Waals surface area contributed by atoms with E-state index in [-0.39, 0.29) is 12.6 Å². The van der Waals surface area contributed by atoms with Crippen molar-refractivity contribution >= 4 is 12.1 Å². The number of amides is 1. The second-order valence-electron chi connectivity index (χ2n) is 7.58. The lowest BCUT2D eigenvalue weighted by Gasteiger charge is -2.37. The fourth-order valence-electron chi connectivity index (χ4n) is 3.31. The van der Waals surface area contributed by atoms with E-state index in [4.69, 9.17) is 9.47 Å². The Balaban J connectivity index is 2.14. The fraction of sp³-hybridized carbons (Fsp3) is 0.600. The first-order valence-electron chi connectivity index (χ1n) is 9.00. The number of likely N-dealkylation sites (tertiary alicyclic amines) is 1. The minimum Gasteiger partial charge on any atom is -0.459 e. The molecule has 0 saturated carbocycles. The zero-order valence-corrected chi connectivity index (χ0v) is 15.7. The number of esters is 1. The third-order valence-corrected chi connectivity index (χ3v) is 4.36. The van der Waals surface area contributed by atoms with Crippen LogP contribution in [0.5, 0.6) is 0 Å². The van der Waals surface area contributed by atoms with Crippen molar-refractivity contribution in [2.75, 3.05) is 6.54 Å². The molecule has 0 aromatic heterocycles. The van der Waals surface area contributed by atoms with Gasteiger partial charge < -0.3 is 9.47 Å². The summed E-state index contributed by atoms with van der Waals surface area (Å²) < 4.78 is 11.1.